The van der Waals surface area contributed by atoms with Gasteiger partial charge in [-0.15, -0.1) is 0 Å². The Morgan fingerprint density at radius 1 is 1.18 bits per heavy atom. The number of hydrogen-bond acceptors (Lipinski definition) is 7. The molecule has 5 heterocycles. The molecular formula is C29H33ClFN5O4. The number of benzene rings is 1. The molecular weight excluding hydrogens is 537 g/mol. The molecule has 1 aromatic carbocycles. The topological polar surface area (TPSA) is 78.5 Å². The molecule has 212 valence electrons. The number of anilines is 1. The minimum Gasteiger partial charge on any atom is -0.489 e. The molecule has 3 saturated heterocycles. The average molecular weight is 570 g/mol. The maximum absolute atomic E-state index is 15.0. The minimum atomic E-state index is -0.461. The van der Waals surface area contributed by atoms with Crippen LogP contribution in [-0.4, -0.2) is 109 Å². The van der Waals surface area contributed by atoms with Gasteiger partial charge in [0.1, 0.15) is 28.8 Å². The Balaban J connectivity index is 1.42. The van der Waals surface area contributed by atoms with Gasteiger partial charge in [0.25, 0.3) is 5.91 Å². The maximum Gasteiger partial charge on any atom is 0.261 e. The van der Waals surface area contributed by atoms with E-state index in [0.29, 0.717) is 37.6 Å². The van der Waals surface area contributed by atoms with Crippen LogP contribution in [0.15, 0.2) is 36.9 Å². The Hall–Kier alpha value is -3.21. The quantitative estimate of drug-likeness (QED) is 0.512. The van der Waals surface area contributed by atoms with E-state index in [2.05, 4.69) is 23.3 Å². The van der Waals surface area contributed by atoms with E-state index in [-0.39, 0.29) is 64.7 Å². The van der Waals surface area contributed by atoms with Crippen LogP contribution in [0.25, 0.3) is 11.3 Å². The molecule has 11 heteroatoms. The molecule has 0 spiro atoms. The van der Waals surface area contributed by atoms with Crippen LogP contribution in [0.4, 0.5) is 10.2 Å². The SMILES string of the molecule is C=CC(=O)N1CCN2C(=O)c3c(N4CC(N5CC(OC)C5)C[C@@H]4C)nc(-c4ccccc4F)c(Cl)c3OC[C@H]2C1. The van der Waals surface area contributed by atoms with Crippen LogP contribution in [0.2, 0.25) is 5.02 Å². The summed E-state index contributed by atoms with van der Waals surface area (Å²) in [5.74, 6) is -0.226. The molecule has 0 saturated carbocycles. The highest BCUT2D eigenvalue weighted by Crippen LogP contribution is 2.45. The van der Waals surface area contributed by atoms with Gasteiger partial charge in [-0.3, -0.25) is 14.5 Å². The number of pyridine rings is 1. The van der Waals surface area contributed by atoms with Crippen LogP contribution in [0, 0.1) is 5.82 Å². The van der Waals surface area contributed by atoms with Crippen molar-refractivity contribution in [3.05, 3.63) is 53.3 Å². The molecule has 2 aromatic rings. The monoisotopic (exact) mass is 569 g/mol. The number of likely N-dealkylation sites (tertiary alicyclic amines) is 1. The summed E-state index contributed by atoms with van der Waals surface area (Å²) in [6, 6.07) is 6.31. The summed E-state index contributed by atoms with van der Waals surface area (Å²) in [6.07, 6.45) is 2.41. The molecule has 9 nitrogen and oxygen atoms in total. The van der Waals surface area contributed by atoms with Crippen molar-refractivity contribution in [1.82, 2.24) is 19.7 Å². The predicted molar refractivity (Wildman–Crippen MR) is 149 cm³/mol. The first kappa shape index (κ1) is 27.0. The smallest absolute Gasteiger partial charge is 0.261 e. The van der Waals surface area contributed by atoms with Crippen molar-refractivity contribution in [2.45, 2.75) is 37.6 Å². The number of fused-ring (bicyclic) bond motifs is 2. The minimum absolute atomic E-state index is 0.0757. The molecule has 0 bridgehead atoms. The molecule has 3 atom stereocenters. The fraction of sp³-hybridized carbons (Fsp3) is 0.483. The lowest BCUT2D eigenvalue weighted by Crippen LogP contribution is -2.57. The van der Waals surface area contributed by atoms with Crippen LogP contribution in [0.3, 0.4) is 0 Å². The second-order valence-corrected chi connectivity index (χ2v) is 11.3. The van der Waals surface area contributed by atoms with E-state index < -0.39 is 5.82 Å². The van der Waals surface area contributed by atoms with Crippen molar-refractivity contribution in [2.24, 2.45) is 0 Å². The summed E-state index contributed by atoms with van der Waals surface area (Å²) in [4.78, 5) is 39.4. The molecule has 1 unspecified atom stereocenters. The third-order valence-corrected chi connectivity index (χ3v) is 8.97. The zero-order valence-corrected chi connectivity index (χ0v) is 23.4. The van der Waals surface area contributed by atoms with Crippen molar-refractivity contribution >= 4 is 29.2 Å². The van der Waals surface area contributed by atoms with Crippen LogP contribution in [0.1, 0.15) is 23.7 Å². The fourth-order valence-corrected chi connectivity index (χ4v) is 6.59. The number of halogens is 2. The standard InChI is InChI=1S/C29H33ClFN5O4/c1-4-23(37)33-9-10-35-19(12-33)16-40-27-24(29(35)38)28(32-26(25(27)30)21-7-5-6-8-22(21)31)36-13-18(11-17(36)2)34-14-20(15-34)39-3/h4-8,17-20H,1,9-16H2,2-3H3/t17-,18?,19+/m0/s1. The lowest BCUT2D eigenvalue weighted by molar-refractivity contribution is -0.128. The Labute approximate surface area is 238 Å². The van der Waals surface area contributed by atoms with Gasteiger partial charge in [-0.1, -0.05) is 30.3 Å². The third-order valence-electron chi connectivity index (χ3n) is 8.62. The van der Waals surface area contributed by atoms with Gasteiger partial charge < -0.3 is 24.2 Å². The summed E-state index contributed by atoms with van der Waals surface area (Å²) < 4.78 is 26.8. The van der Waals surface area contributed by atoms with Crippen molar-refractivity contribution < 1.29 is 23.5 Å². The van der Waals surface area contributed by atoms with Gasteiger partial charge in [0.2, 0.25) is 5.91 Å². The van der Waals surface area contributed by atoms with E-state index in [1.807, 2.05) is 0 Å². The lowest BCUT2D eigenvalue weighted by atomic mass is 10.1. The summed E-state index contributed by atoms with van der Waals surface area (Å²) in [5.41, 5.74) is 0.775. The normalized spacial score (nSPS) is 25.1. The molecule has 2 amide bonds. The summed E-state index contributed by atoms with van der Waals surface area (Å²) in [7, 11) is 1.73. The zero-order valence-electron chi connectivity index (χ0n) is 22.7. The largest absolute Gasteiger partial charge is 0.489 e. The molecule has 40 heavy (non-hydrogen) atoms. The van der Waals surface area contributed by atoms with E-state index in [1.165, 1.54) is 12.1 Å². The number of carbonyl (C=O) groups excluding carboxylic acids is 2. The summed E-state index contributed by atoms with van der Waals surface area (Å²) in [5, 5.41) is 0.102. The molecule has 3 fully saturated rings. The van der Waals surface area contributed by atoms with Gasteiger partial charge in [0.05, 0.1) is 17.8 Å². The van der Waals surface area contributed by atoms with Crippen molar-refractivity contribution in [3.63, 3.8) is 0 Å². The van der Waals surface area contributed by atoms with E-state index in [0.717, 1.165) is 19.5 Å². The van der Waals surface area contributed by atoms with E-state index >= 15 is 4.39 Å². The molecule has 0 radical (unpaired) electrons. The first-order valence-corrected chi connectivity index (χ1v) is 14.1. The van der Waals surface area contributed by atoms with Gasteiger partial charge in [-0.2, -0.15) is 0 Å². The summed E-state index contributed by atoms with van der Waals surface area (Å²) in [6.45, 7) is 9.30. The van der Waals surface area contributed by atoms with Crippen LogP contribution in [-0.2, 0) is 9.53 Å². The number of ether oxygens (including phenoxy) is 2. The second-order valence-electron chi connectivity index (χ2n) is 10.9. The average Bonchev–Trinajstić information content (AvgIpc) is 3.24. The third kappa shape index (κ3) is 4.52. The highest BCUT2D eigenvalue weighted by Gasteiger charge is 2.44. The maximum atomic E-state index is 15.0. The number of carbonyl (C=O) groups is 2. The number of methoxy groups -OCH3 is 1. The van der Waals surface area contributed by atoms with Crippen molar-refractivity contribution in [2.75, 3.05) is 57.9 Å². The van der Waals surface area contributed by atoms with Gasteiger partial charge in [-0.05, 0) is 31.6 Å². The van der Waals surface area contributed by atoms with Crippen LogP contribution in [0.5, 0.6) is 5.75 Å². The van der Waals surface area contributed by atoms with E-state index in [9.17, 15) is 9.59 Å². The highest BCUT2D eigenvalue weighted by molar-refractivity contribution is 6.35. The number of piperazine rings is 1. The van der Waals surface area contributed by atoms with Gasteiger partial charge in [-0.25, -0.2) is 9.37 Å². The van der Waals surface area contributed by atoms with Crippen LogP contribution < -0.4 is 9.64 Å². The molecule has 0 aliphatic carbocycles. The zero-order chi connectivity index (χ0) is 28.1. The van der Waals surface area contributed by atoms with E-state index in [1.54, 1.807) is 35.1 Å². The first-order chi connectivity index (χ1) is 19.3. The van der Waals surface area contributed by atoms with Crippen molar-refractivity contribution in [1.29, 1.82) is 0 Å². The molecule has 6 rings (SSSR count). The molecule has 4 aliphatic rings. The summed E-state index contributed by atoms with van der Waals surface area (Å²) >= 11 is 6.88. The van der Waals surface area contributed by atoms with Crippen LogP contribution >= 0.6 is 11.6 Å². The second kappa shape index (κ2) is 10.6. The Morgan fingerprint density at radius 3 is 2.67 bits per heavy atom. The predicted octanol–water partition coefficient (Wildman–Crippen LogP) is 3.07. The lowest BCUT2D eigenvalue weighted by Gasteiger charge is -2.42. The van der Waals surface area contributed by atoms with Gasteiger partial charge in [0, 0.05) is 64.0 Å². The number of hydrogen-bond donors (Lipinski definition) is 0. The number of rotatable bonds is 5. The molecule has 4 aliphatic heterocycles. The Bertz CT molecular complexity index is 1350. The molecule has 1 aromatic heterocycles. The Kier molecular flexibility index (Phi) is 7.18. The number of aromatic nitrogens is 1. The van der Waals surface area contributed by atoms with E-state index in [4.69, 9.17) is 26.1 Å². The number of amides is 2. The van der Waals surface area contributed by atoms with Gasteiger partial charge >= 0.3 is 0 Å². The van der Waals surface area contributed by atoms with Gasteiger partial charge in [0.15, 0.2) is 5.75 Å². The first-order valence-electron chi connectivity index (χ1n) is 13.7. The Morgan fingerprint density at radius 2 is 1.95 bits per heavy atom. The number of nitrogens with zero attached hydrogens (tertiary/aromatic N) is 5. The fourth-order valence-electron chi connectivity index (χ4n) is 6.29. The van der Waals surface area contributed by atoms with Crippen molar-refractivity contribution in [3.8, 4) is 17.0 Å². The molecule has 0 N–H and O–H groups in total. The highest BCUT2D eigenvalue weighted by atomic mass is 35.5.